The molecule has 150 valence electrons. The van der Waals surface area contributed by atoms with Gasteiger partial charge in [0.2, 0.25) is 0 Å². The minimum Gasteiger partial charge on any atom is -0.497 e. The lowest BCUT2D eigenvalue weighted by atomic mass is 10.1. The van der Waals surface area contributed by atoms with Crippen molar-refractivity contribution in [1.29, 1.82) is 0 Å². The van der Waals surface area contributed by atoms with E-state index in [1.54, 1.807) is 31.0 Å². The highest BCUT2D eigenvalue weighted by Crippen LogP contribution is 2.30. The summed E-state index contributed by atoms with van der Waals surface area (Å²) >= 11 is 0. The third kappa shape index (κ3) is 4.17. The summed E-state index contributed by atoms with van der Waals surface area (Å²) in [4.78, 5) is 13.0. The van der Waals surface area contributed by atoms with E-state index in [0.29, 0.717) is 28.6 Å². The second-order valence-electron chi connectivity index (χ2n) is 6.64. The minimum atomic E-state index is -0.275. The number of carbonyl (C=O) groups is 1. The average Bonchev–Trinajstić information content (AvgIpc) is 3.18. The number of amides is 1. The summed E-state index contributed by atoms with van der Waals surface area (Å²) < 4.78 is 12.8. The molecule has 4 aromatic rings. The van der Waals surface area contributed by atoms with Crippen molar-refractivity contribution in [2.24, 2.45) is 7.05 Å². The molecular formula is C24H21N3O3. The lowest BCUT2D eigenvalue weighted by Crippen LogP contribution is -2.16. The summed E-state index contributed by atoms with van der Waals surface area (Å²) in [5.74, 6) is 1.71. The summed E-state index contributed by atoms with van der Waals surface area (Å²) in [6.07, 6.45) is 0. The quantitative estimate of drug-likeness (QED) is 0.488. The van der Waals surface area contributed by atoms with Crippen molar-refractivity contribution >= 4 is 11.6 Å². The van der Waals surface area contributed by atoms with Gasteiger partial charge in [-0.15, -0.1) is 0 Å². The normalized spacial score (nSPS) is 10.5. The molecule has 30 heavy (non-hydrogen) atoms. The van der Waals surface area contributed by atoms with Crippen molar-refractivity contribution in [3.8, 4) is 28.5 Å². The van der Waals surface area contributed by atoms with Gasteiger partial charge in [-0.25, -0.2) is 0 Å². The fraction of sp³-hybridized carbons (Fsp3) is 0.0833. The maximum absolute atomic E-state index is 13.0. The molecule has 0 aliphatic carbocycles. The Hall–Kier alpha value is -4.06. The molecule has 0 radical (unpaired) electrons. The molecule has 3 aromatic carbocycles. The van der Waals surface area contributed by atoms with Crippen molar-refractivity contribution in [1.82, 2.24) is 9.78 Å². The number of aromatic nitrogens is 2. The van der Waals surface area contributed by atoms with Crippen LogP contribution in [0.4, 0.5) is 5.69 Å². The van der Waals surface area contributed by atoms with Gasteiger partial charge < -0.3 is 14.8 Å². The van der Waals surface area contributed by atoms with E-state index in [2.05, 4.69) is 10.4 Å². The van der Waals surface area contributed by atoms with Gasteiger partial charge >= 0.3 is 0 Å². The SMILES string of the molecule is COc1cccc(-c2cc(C(=O)Nc3ccccc3Oc3ccccc3)n(C)n2)c1. The Bertz CT molecular complexity index is 1170. The van der Waals surface area contributed by atoms with Crippen LogP contribution in [0.15, 0.2) is 84.9 Å². The number of ether oxygens (including phenoxy) is 2. The maximum Gasteiger partial charge on any atom is 0.274 e. The molecule has 0 unspecified atom stereocenters. The predicted octanol–water partition coefficient (Wildman–Crippen LogP) is 5.14. The van der Waals surface area contributed by atoms with Crippen LogP contribution < -0.4 is 14.8 Å². The lowest BCUT2D eigenvalue weighted by molar-refractivity contribution is 0.101. The summed E-state index contributed by atoms with van der Waals surface area (Å²) in [6.45, 7) is 0. The number of benzene rings is 3. The highest BCUT2D eigenvalue weighted by Gasteiger charge is 2.16. The van der Waals surface area contributed by atoms with Crippen LogP contribution >= 0.6 is 0 Å². The summed E-state index contributed by atoms with van der Waals surface area (Å²) in [7, 11) is 3.36. The van der Waals surface area contributed by atoms with Gasteiger partial charge in [-0.1, -0.05) is 42.5 Å². The summed E-state index contributed by atoms with van der Waals surface area (Å²) in [6, 6.07) is 26.1. The van der Waals surface area contributed by atoms with Gasteiger partial charge in [0.1, 0.15) is 17.2 Å². The highest BCUT2D eigenvalue weighted by atomic mass is 16.5. The number of para-hydroxylation sites is 3. The molecular weight excluding hydrogens is 378 g/mol. The molecule has 1 heterocycles. The number of nitrogens with zero attached hydrogens (tertiary/aromatic N) is 2. The van der Waals surface area contributed by atoms with Crippen LogP contribution in [0.3, 0.4) is 0 Å². The summed E-state index contributed by atoms with van der Waals surface area (Å²) in [5, 5.41) is 7.40. The molecule has 0 saturated carbocycles. The molecule has 0 bridgehead atoms. The Labute approximate surface area is 174 Å². The molecule has 0 spiro atoms. The first-order valence-electron chi connectivity index (χ1n) is 9.46. The number of nitrogens with one attached hydrogen (secondary N) is 1. The van der Waals surface area contributed by atoms with E-state index < -0.39 is 0 Å². The molecule has 6 heteroatoms. The van der Waals surface area contributed by atoms with Crippen LogP contribution in [0.1, 0.15) is 10.5 Å². The molecule has 0 fully saturated rings. The molecule has 0 saturated heterocycles. The number of anilines is 1. The van der Waals surface area contributed by atoms with Gasteiger partial charge in [-0.3, -0.25) is 9.48 Å². The second-order valence-corrected chi connectivity index (χ2v) is 6.64. The fourth-order valence-electron chi connectivity index (χ4n) is 3.06. The van der Waals surface area contributed by atoms with Crippen LogP contribution in [0.25, 0.3) is 11.3 Å². The number of hydrogen-bond acceptors (Lipinski definition) is 4. The predicted molar refractivity (Wildman–Crippen MR) is 116 cm³/mol. The molecule has 1 amide bonds. The van der Waals surface area contributed by atoms with Crippen LogP contribution in [-0.2, 0) is 7.05 Å². The second kappa shape index (κ2) is 8.53. The first-order chi connectivity index (χ1) is 14.6. The fourth-order valence-corrected chi connectivity index (χ4v) is 3.06. The number of hydrogen-bond donors (Lipinski definition) is 1. The van der Waals surface area contributed by atoms with E-state index in [1.165, 1.54) is 0 Å². The van der Waals surface area contributed by atoms with Gasteiger partial charge in [0.15, 0.2) is 5.75 Å². The number of aryl methyl sites for hydroxylation is 1. The topological polar surface area (TPSA) is 65.4 Å². The Morgan fingerprint density at radius 2 is 1.63 bits per heavy atom. The van der Waals surface area contributed by atoms with E-state index in [0.717, 1.165) is 11.3 Å². The zero-order valence-corrected chi connectivity index (χ0v) is 16.7. The molecule has 0 aliphatic heterocycles. The van der Waals surface area contributed by atoms with Crippen molar-refractivity contribution in [2.45, 2.75) is 0 Å². The molecule has 6 nitrogen and oxygen atoms in total. The number of carbonyl (C=O) groups excluding carboxylic acids is 1. The van der Waals surface area contributed by atoms with Gasteiger partial charge in [-0.05, 0) is 42.5 Å². The van der Waals surface area contributed by atoms with Gasteiger partial charge in [0, 0.05) is 12.6 Å². The van der Waals surface area contributed by atoms with Crippen molar-refractivity contribution in [3.05, 3.63) is 90.6 Å². The minimum absolute atomic E-state index is 0.275. The zero-order chi connectivity index (χ0) is 20.9. The first kappa shape index (κ1) is 19.3. The molecule has 0 aliphatic rings. The van der Waals surface area contributed by atoms with Gasteiger partial charge in [0.05, 0.1) is 18.5 Å². The van der Waals surface area contributed by atoms with E-state index in [-0.39, 0.29) is 5.91 Å². The van der Waals surface area contributed by atoms with Crippen molar-refractivity contribution in [2.75, 3.05) is 12.4 Å². The standard InChI is InChI=1S/C24H21N3O3/c1-27-22(16-21(26-27)17-9-8-12-19(15-17)29-2)24(28)25-20-13-6-7-14-23(20)30-18-10-4-3-5-11-18/h3-16H,1-2H3,(H,25,28). The first-order valence-corrected chi connectivity index (χ1v) is 9.46. The van der Waals surface area contributed by atoms with Crippen LogP contribution in [0, 0.1) is 0 Å². The zero-order valence-electron chi connectivity index (χ0n) is 16.7. The van der Waals surface area contributed by atoms with Gasteiger partial charge in [0.25, 0.3) is 5.91 Å². The lowest BCUT2D eigenvalue weighted by Gasteiger charge is -2.12. The Kier molecular flexibility index (Phi) is 5.48. The van der Waals surface area contributed by atoms with Crippen molar-refractivity contribution in [3.63, 3.8) is 0 Å². The molecule has 0 atom stereocenters. The number of rotatable bonds is 6. The monoisotopic (exact) mass is 399 g/mol. The van der Waals surface area contributed by atoms with Crippen LogP contribution in [-0.4, -0.2) is 22.8 Å². The Balaban J connectivity index is 1.57. The third-order valence-electron chi connectivity index (χ3n) is 4.58. The van der Waals surface area contributed by atoms with E-state index >= 15 is 0 Å². The van der Waals surface area contributed by atoms with Crippen molar-refractivity contribution < 1.29 is 14.3 Å². The Morgan fingerprint density at radius 3 is 2.43 bits per heavy atom. The maximum atomic E-state index is 13.0. The Morgan fingerprint density at radius 1 is 0.900 bits per heavy atom. The van der Waals surface area contributed by atoms with Gasteiger partial charge in [-0.2, -0.15) is 5.10 Å². The smallest absolute Gasteiger partial charge is 0.274 e. The van der Waals surface area contributed by atoms with E-state index in [4.69, 9.17) is 9.47 Å². The van der Waals surface area contributed by atoms with Crippen LogP contribution in [0.2, 0.25) is 0 Å². The van der Waals surface area contributed by atoms with Crippen LogP contribution in [0.5, 0.6) is 17.2 Å². The summed E-state index contributed by atoms with van der Waals surface area (Å²) in [5.41, 5.74) is 2.57. The number of methoxy groups -OCH3 is 1. The largest absolute Gasteiger partial charge is 0.497 e. The highest BCUT2D eigenvalue weighted by molar-refractivity contribution is 6.04. The van der Waals surface area contributed by atoms with E-state index in [1.807, 2.05) is 72.8 Å². The molecule has 4 rings (SSSR count). The average molecular weight is 399 g/mol. The van der Waals surface area contributed by atoms with E-state index in [9.17, 15) is 4.79 Å². The molecule has 1 aromatic heterocycles. The molecule has 1 N–H and O–H groups in total. The third-order valence-corrected chi connectivity index (χ3v) is 4.58.